The first kappa shape index (κ1) is 14.7. The monoisotopic (exact) mass is 282 g/mol. The second-order valence-electron chi connectivity index (χ2n) is 4.43. The van der Waals surface area contributed by atoms with Crippen molar-refractivity contribution in [2.24, 2.45) is 0 Å². The lowest BCUT2D eigenvalue weighted by Crippen LogP contribution is -1.96. The lowest BCUT2D eigenvalue weighted by Gasteiger charge is -2.10. The number of nitrogens with zero attached hydrogens (tertiary/aromatic N) is 1. The Morgan fingerprint density at radius 2 is 2.24 bits per heavy atom. The van der Waals surface area contributed by atoms with Gasteiger partial charge in [0.2, 0.25) is 5.89 Å². The van der Waals surface area contributed by atoms with Crippen LogP contribution in [0.25, 0.3) is 11.5 Å². The number of aryl methyl sites for hydroxylation is 1. The molecule has 0 bridgehead atoms. The fourth-order valence-electron chi connectivity index (χ4n) is 1.74. The molecule has 108 valence electrons. The second kappa shape index (κ2) is 6.61. The van der Waals surface area contributed by atoms with Crippen LogP contribution in [0.15, 0.2) is 65.5 Å². The van der Waals surface area contributed by atoms with E-state index >= 15 is 0 Å². The summed E-state index contributed by atoms with van der Waals surface area (Å²) in [6.07, 6.45) is 8.90. The van der Waals surface area contributed by atoms with Crippen molar-refractivity contribution in [2.75, 3.05) is 5.73 Å². The summed E-state index contributed by atoms with van der Waals surface area (Å²) in [7, 11) is 0. The Bertz CT molecular complexity index is 697. The minimum Gasteiger partial charge on any atom is -0.456 e. The normalized spacial score (nSPS) is 11.8. The summed E-state index contributed by atoms with van der Waals surface area (Å²) >= 11 is 0. The predicted molar refractivity (Wildman–Crippen MR) is 84.8 cm³/mol. The number of hydrogen-bond acceptors (Lipinski definition) is 4. The van der Waals surface area contributed by atoms with Crippen molar-refractivity contribution in [1.82, 2.24) is 4.98 Å². The number of allylic oxidation sites excluding steroid dienone is 4. The Labute approximate surface area is 124 Å². The third kappa shape index (κ3) is 3.63. The van der Waals surface area contributed by atoms with Crippen LogP contribution in [0, 0.1) is 6.92 Å². The van der Waals surface area contributed by atoms with Gasteiger partial charge in [-0.15, -0.1) is 0 Å². The van der Waals surface area contributed by atoms with Crippen molar-refractivity contribution in [1.29, 1.82) is 0 Å². The van der Waals surface area contributed by atoms with Crippen molar-refractivity contribution < 1.29 is 9.15 Å². The molecule has 0 radical (unpaired) electrons. The van der Waals surface area contributed by atoms with Gasteiger partial charge in [0, 0.05) is 11.8 Å². The van der Waals surface area contributed by atoms with Gasteiger partial charge in [-0.3, -0.25) is 0 Å². The maximum Gasteiger partial charge on any atom is 0.230 e. The number of aromatic nitrogens is 1. The molecule has 0 saturated carbocycles. The number of oxazole rings is 1. The van der Waals surface area contributed by atoms with Gasteiger partial charge in [-0.05, 0) is 38.1 Å². The number of nitrogen functional groups attached to an aromatic ring is 1. The summed E-state index contributed by atoms with van der Waals surface area (Å²) in [5.74, 6) is 2.42. The van der Waals surface area contributed by atoms with E-state index in [2.05, 4.69) is 11.6 Å². The topological polar surface area (TPSA) is 61.3 Å². The number of rotatable bonds is 5. The van der Waals surface area contributed by atoms with Gasteiger partial charge in [-0.1, -0.05) is 18.7 Å². The molecule has 0 spiro atoms. The lowest BCUT2D eigenvalue weighted by molar-refractivity contribution is 0.443. The van der Waals surface area contributed by atoms with E-state index in [1.165, 1.54) is 0 Å². The molecule has 0 fully saturated rings. The zero-order chi connectivity index (χ0) is 15.2. The maximum absolute atomic E-state index is 5.85. The molecule has 4 nitrogen and oxygen atoms in total. The summed E-state index contributed by atoms with van der Waals surface area (Å²) in [5.41, 5.74) is 7.18. The first-order chi connectivity index (χ1) is 10.1. The molecule has 0 aliphatic rings. The first-order valence-electron chi connectivity index (χ1n) is 6.59. The molecule has 1 aromatic heterocycles. The molecular formula is C17H18N2O2. The van der Waals surface area contributed by atoms with Gasteiger partial charge in [0.05, 0.1) is 11.8 Å². The average molecular weight is 282 g/mol. The zero-order valence-corrected chi connectivity index (χ0v) is 12.2. The average Bonchev–Trinajstić information content (AvgIpc) is 2.90. The van der Waals surface area contributed by atoms with Crippen LogP contribution in [-0.4, -0.2) is 4.98 Å². The highest BCUT2D eigenvalue weighted by Crippen LogP contribution is 2.32. The van der Waals surface area contributed by atoms with E-state index in [4.69, 9.17) is 14.9 Å². The summed E-state index contributed by atoms with van der Waals surface area (Å²) in [5, 5.41) is 0. The molecule has 4 heteroatoms. The van der Waals surface area contributed by atoms with Gasteiger partial charge in [-0.25, -0.2) is 4.98 Å². The molecule has 2 N–H and O–H groups in total. The van der Waals surface area contributed by atoms with Crippen LogP contribution in [-0.2, 0) is 0 Å². The van der Waals surface area contributed by atoms with E-state index in [9.17, 15) is 0 Å². The quantitative estimate of drug-likeness (QED) is 0.505. The zero-order valence-electron chi connectivity index (χ0n) is 12.2. The molecule has 0 amide bonds. The molecule has 21 heavy (non-hydrogen) atoms. The third-order valence-corrected chi connectivity index (χ3v) is 2.74. The Morgan fingerprint density at radius 3 is 2.86 bits per heavy atom. The van der Waals surface area contributed by atoms with Gasteiger partial charge in [0.25, 0.3) is 0 Å². The molecule has 1 heterocycles. The molecule has 0 unspecified atom stereocenters. The molecular weight excluding hydrogens is 264 g/mol. The summed E-state index contributed by atoms with van der Waals surface area (Å²) in [4.78, 5) is 4.22. The molecule has 0 aliphatic heterocycles. The van der Waals surface area contributed by atoms with Crippen LogP contribution in [0.4, 0.5) is 5.69 Å². The number of anilines is 1. The van der Waals surface area contributed by atoms with Gasteiger partial charge < -0.3 is 14.9 Å². The summed E-state index contributed by atoms with van der Waals surface area (Å²) in [6.45, 7) is 7.51. The Kier molecular flexibility index (Phi) is 4.61. The minimum atomic E-state index is 0.497. The van der Waals surface area contributed by atoms with Gasteiger partial charge in [0.1, 0.15) is 17.3 Å². The van der Waals surface area contributed by atoms with Crippen molar-refractivity contribution >= 4 is 5.69 Å². The first-order valence-corrected chi connectivity index (χ1v) is 6.59. The maximum atomic E-state index is 5.85. The smallest absolute Gasteiger partial charge is 0.230 e. The van der Waals surface area contributed by atoms with Crippen LogP contribution in [0.2, 0.25) is 0 Å². The standard InChI is InChI=1S/C17H18N2O2/c1-4-6-7-14(5-2)21-16-10-13(18)8-9-15(16)17-19-11-12(3)20-17/h4-11H,2,18H2,1,3H3. The van der Waals surface area contributed by atoms with Crippen LogP contribution in [0.1, 0.15) is 12.7 Å². The second-order valence-corrected chi connectivity index (χ2v) is 4.43. The Morgan fingerprint density at radius 1 is 1.43 bits per heavy atom. The molecule has 0 atom stereocenters. The molecule has 0 aliphatic carbocycles. The van der Waals surface area contributed by atoms with Crippen molar-refractivity contribution in [2.45, 2.75) is 13.8 Å². The Balaban J connectivity index is 2.42. The number of ether oxygens (including phenoxy) is 1. The summed E-state index contributed by atoms with van der Waals surface area (Å²) in [6, 6.07) is 5.35. The largest absolute Gasteiger partial charge is 0.456 e. The lowest BCUT2D eigenvalue weighted by atomic mass is 10.2. The van der Waals surface area contributed by atoms with Gasteiger partial charge in [0.15, 0.2) is 0 Å². The van der Waals surface area contributed by atoms with E-state index in [1.54, 1.807) is 24.4 Å². The van der Waals surface area contributed by atoms with E-state index in [0.29, 0.717) is 23.1 Å². The molecule has 2 aromatic rings. The third-order valence-electron chi connectivity index (χ3n) is 2.74. The molecule has 2 rings (SSSR count). The van der Waals surface area contributed by atoms with Crippen LogP contribution in [0.5, 0.6) is 5.75 Å². The minimum absolute atomic E-state index is 0.497. The SMILES string of the molecule is C=CC(=CC=CC)Oc1cc(N)ccc1-c1ncc(C)o1. The van der Waals surface area contributed by atoms with Gasteiger partial charge in [-0.2, -0.15) is 0 Å². The Hall–Kier alpha value is -2.75. The predicted octanol–water partition coefficient (Wildman–Crippen LogP) is 4.26. The van der Waals surface area contributed by atoms with Gasteiger partial charge >= 0.3 is 0 Å². The fraction of sp³-hybridized carbons (Fsp3) is 0.118. The fourth-order valence-corrected chi connectivity index (χ4v) is 1.74. The van der Waals surface area contributed by atoms with E-state index < -0.39 is 0 Å². The molecule has 0 saturated heterocycles. The molecule has 1 aromatic carbocycles. The van der Waals surface area contributed by atoms with Crippen LogP contribution >= 0.6 is 0 Å². The van der Waals surface area contributed by atoms with Crippen molar-refractivity contribution in [3.63, 3.8) is 0 Å². The van der Waals surface area contributed by atoms with E-state index in [-0.39, 0.29) is 0 Å². The number of nitrogens with two attached hydrogens (primary N) is 1. The van der Waals surface area contributed by atoms with Crippen LogP contribution in [0.3, 0.4) is 0 Å². The van der Waals surface area contributed by atoms with E-state index in [1.807, 2.05) is 38.1 Å². The van der Waals surface area contributed by atoms with E-state index in [0.717, 1.165) is 11.3 Å². The summed E-state index contributed by atoms with van der Waals surface area (Å²) < 4.78 is 11.4. The van der Waals surface area contributed by atoms with Crippen molar-refractivity contribution in [3.05, 3.63) is 66.8 Å². The number of benzene rings is 1. The highest BCUT2D eigenvalue weighted by atomic mass is 16.5. The highest BCUT2D eigenvalue weighted by molar-refractivity contribution is 5.67. The van der Waals surface area contributed by atoms with Crippen LogP contribution < -0.4 is 10.5 Å². The highest BCUT2D eigenvalue weighted by Gasteiger charge is 2.13. The van der Waals surface area contributed by atoms with Crippen molar-refractivity contribution in [3.8, 4) is 17.2 Å². The number of hydrogen-bond donors (Lipinski definition) is 1.